The maximum absolute atomic E-state index is 12.5. The summed E-state index contributed by atoms with van der Waals surface area (Å²) in [5.41, 5.74) is 1.37. The smallest absolute Gasteiger partial charge is 0.223 e. The lowest BCUT2D eigenvalue weighted by atomic mass is 9.89. The number of benzene rings is 1. The maximum atomic E-state index is 12.5. The predicted octanol–water partition coefficient (Wildman–Crippen LogP) is 1.90. The molecule has 0 N–H and O–H groups in total. The van der Waals surface area contributed by atoms with Gasteiger partial charge < -0.3 is 9.80 Å². The summed E-state index contributed by atoms with van der Waals surface area (Å²) in [6, 6.07) is 10.6. The molecule has 5 nitrogen and oxygen atoms in total. The van der Waals surface area contributed by atoms with Crippen molar-refractivity contribution >= 4 is 15.7 Å². The van der Waals surface area contributed by atoms with Gasteiger partial charge in [-0.1, -0.05) is 30.3 Å². The second-order valence-corrected chi connectivity index (χ2v) is 9.58. The van der Waals surface area contributed by atoms with Crippen molar-refractivity contribution in [2.75, 3.05) is 38.2 Å². The molecule has 0 aromatic heterocycles. The van der Waals surface area contributed by atoms with Crippen LogP contribution in [0.5, 0.6) is 0 Å². The Kier molecular flexibility index (Phi) is 5.79. The van der Waals surface area contributed by atoms with Gasteiger partial charge in [-0.05, 0) is 37.8 Å². The van der Waals surface area contributed by atoms with Gasteiger partial charge in [0.25, 0.3) is 0 Å². The molecule has 0 bridgehead atoms. The molecular formula is C19H28N2O3S. The van der Waals surface area contributed by atoms with Crippen LogP contribution in [0.15, 0.2) is 30.3 Å². The first kappa shape index (κ1) is 18.4. The van der Waals surface area contributed by atoms with E-state index < -0.39 is 9.84 Å². The van der Waals surface area contributed by atoms with Gasteiger partial charge in [0.1, 0.15) is 0 Å². The lowest BCUT2D eigenvalue weighted by Crippen LogP contribution is -2.40. The molecule has 0 aliphatic carbocycles. The first-order chi connectivity index (χ1) is 11.9. The van der Waals surface area contributed by atoms with Gasteiger partial charge in [-0.25, -0.2) is 8.42 Å². The van der Waals surface area contributed by atoms with E-state index in [0.717, 1.165) is 25.9 Å². The minimum absolute atomic E-state index is 0.0709. The second-order valence-electron chi connectivity index (χ2n) is 7.35. The number of amides is 1. The summed E-state index contributed by atoms with van der Waals surface area (Å²) >= 11 is 0. The van der Waals surface area contributed by atoms with Crippen molar-refractivity contribution < 1.29 is 13.2 Å². The summed E-state index contributed by atoms with van der Waals surface area (Å²) in [5, 5.41) is 0. The quantitative estimate of drug-likeness (QED) is 0.801. The van der Waals surface area contributed by atoms with Crippen molar-refractivity contribution in [1.82, 2.24) is 9.80 Å². The van der Waals surface area contributed by atoms with Gasteiger partial charge in [0.2, 0.25) is 5.91 Å². The second kappa shape index (κ2) is 7.87. The number of rotatable bonds is 5. The fourth-order valence-electron chi connectivity index (χ4n) is 3.92. The van der Waals surface area contributed by atoms with Gasteiger partial charge in [0.05, 0.1) is 11.5 Å². The maximum Gasteiger partial charge on any atom is 0.223 e. The zero-order chi connectivity index (χ0) is 17.9. The highest BCUT2D eigenvalue weighted by Gasteiger charge is 2.31. The van der Waals surface area contributed by atoms with Crippen LogP contribution in [0.3, 0.4) is 0 Å². The van der Waals surface area contributed by atoms with Gasteiger partial charge >= 0.3 is 0 Å². The standard InChI is InChI=1S/C19H28N2O3S/c1-20(18-10-14-25(23,24)15-18)11-9-19(22)21-12-7-17(8-13-21)16-5-3-2-4-6-16/h2-6,17-18H,7-15H2,1H3/t18-/m0/s1. The van der Waals surface area contributed by atoms with Crippen LogP contribution >= 0.6 is 0 Å². The van der Waals surface area contributed by atoms with Crippen LogP contribution in [0.4, 0.5) is 0 Å². The number of likely N-dealkylation sites (tertiary alicyclic amines) is 1. The van der Waals surface area contributed by atoms with E-state index in [1.807, 2.05) is 22.9 Å². The number of nitrogens with zero attached hydrogens (tertiary/aromatic N) is 2. The molecule has 2 fully saturated rings. The van der Waals surface area contributed by atoms with Crippen LogP contribution in [-0.4, -0.2) is 68.4 Å². The normalized spacial score (nSPS) is 23.9. The molecule has 1 aromatic carbocycles. The third kappa shape index (κ3) is 4.82. The Morgan fingerprint density at radius 1 is 1.16 bits per heavy atom. The Balaban J connectivity index is 1.42. The largest absolute Gasteiger partial charge is 0.343 e. The molecule has 3 rings (SSSR count). The third-order valence-electron chi connectivity index (χ3n) is 5.63. The molecule has 0 spiro atoms. The molecule has 1 amide bonds. The van der Waals surface area contributed by atoms with Crippen LogP contribution in [0.2, 0.25) is 0 Å². The van der Waals surface area contributed by atoms with E-state index in [9.17, 15) is 13.2 Å². The average Bonchev–Trinajstić information content (AvgIpc) is 3.00. The molecule has 2 aliphatic rings. The van der Waals surface area contributed by atoms with Crippen molar-refractivity contribution in [3.05, 3.63) is 35.9 Å². The van der Waals surface area contributed by atoms with Crippen LogP contribution in [-0.2, 0) is 14.6 Å². The van der Waals surface area contributed by atoms with Crippen LogP contribution < -0.4 is 0 Å². The Morgan fingerprint density at radius 3 is 2.44 bits per heavy atom. The Hall–Kier alpha value is -1.40. The third-order valence-corrected chi connectivity index (χ3v) is 7.38. The predicted molar refractivity (Wildman–Crippen MR) is 99.3 cm³/mol. The number of piperidine rings is 1. The van der Waals surface area contributed by atoms with E-state index in [-0.39, 0.29) is 23.5 Å². The summed E-state index contributed by atoms with van der Waals surface area (Å²) in [5.74, 6) is 1.26. The van der Waals surface area contributed by atoms with Gasteiger partial charge in [-0.2, -0.15) is 0 Å². The molecule has 1 atom stereocenters. The van der Waals surface area contributed by atoms with Gasteiger partial charge in [-0.15, -0.1) is 0 Å². The van der Waals surface area contributed by atoms with E-state index in [2.05, 4.69) is 24.3 Å². The molecule has 2 aliphatic heterocycles. The lowest BCUT2D eigenvalue weighted by molar-refractivity contribution is -0.132. The molecule has 138 valence electrons. The zero-order valence-electron chi connectivity index (χ0n) is 14.9. The highest BCUT2D eigenvalue weighted by molar-refractivity contribution is 7.91. The van der Waals surface area contributed by atoms with E-state index in [0.29, 0.717) is 25.3 Å². The van der Waals surface area contributed by atoms with Gasteiger partial charge in [0, 0.05) is 32.1 Å². The molecule has 2 heterocycles. The number of sulfone groups is 1. The summed E-state index contributed by atoms with van der Waals surface area (Å²) in [6.07, 6.45) is 3.21. The summed E-state index contributed by atoms with van der Waals surface area (Å²) in [6.45, 7) is 2.28. The van der Waals surface area contributed by atoms with E-state index >= 15 is 0 Å². The van der Waals surface area contributed by atoms with Crippen molar-refractivity contribution in [3.8, 4) is 0 Å². The zero-order valence-corrected chi connectivity index (χ0v) is 15.7. The minimum Gasteiger partial charge on any atom is -0.343 e. The number of carbonyl (C=O) groups is 1. The summed E-state index contributed by atoms with van der Waals surface area (Å²) in [7, 11) is -0.938. The fourth-order valence-corrected chi connectivity index (χ4v) is 5.73. The Labute approximate surface area is 150 Å². The fraction of sp³-hybridized carbons (Fsp3) is 0.632. The molecule has 0 unspecified atom stereocenters. The Morgan fingerprint density at radius 2 is 1.84 bits per heavy atom. The van der Waals surface area contributed by atoms with E-state index in [4.69, 9.17) is 0 Å². The molecule has 1 aromatic rings. The molecule has 6 heteroatoms. The lowest BCUT2D eigenvalue weighted by Gasteiger charge is -2.33. The Bertz CT molecular complexity index is 682. The molecule has 0 radical (unpaired) electrons. The first-order valence-electron chi connectivity index (χ1n) is 9.18. The van der Waals surface area contributed by atoms with Crippen LogP contribution in [0.1, 0.15) is 37.2 Å². The number of carbonyl (C=O) groups excluding carboxylic acids is 1. The molecule has 25 heavy (non-hydrogen) atoms. The van der Waals surface area contributed by atoms with Crippen LogP contribution in [0.25, 0.3) is 0 Å². The van der Waals surface area contributed by atoms with Crippen molar-refractivity contribution in [2.45, 2.75) is 37.6 Å². The van der Waals surface area contributed by atoms with Crippen molar-refractivity contribution in [2.24, 2.45) is 0 Å². The summed E-state index contributed by atoms with van der Waals surface area (Å²) in [4.78, 5) is 16.5. The number of hydrogen-bond acceptors (Lipinski definition) is 4. The van der Waals surface area contributed by atoms with Crippen molar-refractivity contribution in [1.29, 1.82) is 0 Å². The SMILES string of the molecule is CN(CCC(=O)N1CCC(c2ccccc2)CC1)[C@H]1CCS(=O)(=O)C1. The van der Waals surface area contributed by atoms with Gasteiger partial charge in [-0.3, -0.25) is 4.79 Å². The van der Waals surface area contributed by atoms with Gasteiger partial charge in [0.15, 0.2) is 9.84 Å². The highest BCUT2D eigenvalue weighted by atomic mass is 32.2. The molecular weight excluding hydrogens is 336 g/mol. The molecule has 0 saturated carbocycles. The van der Waals surface area contributed by atoms with E-state index in [1.54, 1.807) is 0 Å². The van der Waals surface area contributed by atoms with E-state index in [1.165, 1.54) is 5.56 Å². The van der Waals surface area contributed by atoms with Crippen LogP contribution in [0, 0.1) is 0 Å². The molecule has 2 saturated heterocycles. The van der Waals surface area contributed by atoms with Crippen molar-refractivity contribution in [3.63, 3.8) is 0 Å². The monoisotopic (exact) mass is 364 g/mol. The topological polar surface area (TPSA) is 57.7 Å². The average molecular weight is 365 g/mol. The summed E-state index contributed by atoms with van der Waals surface area (Å²) < 4.78 is 23.2. The number of hydrogen-bond donors (Lipinski definition) is 0. The first-order valence-corrected chi connectivity index (χ1v) is 11.0. The minimum atomic E-state index is -2.87. The highest BCUT2D eigenvalue weighted by Crippen LogP contribution is 2.28.